The quantitative estimate of drug-likeness (QED) is 0.717. The Morgan fingerprint density at radius 1 is 1.00 bits per heavy atom. The third kappa shape index (κ3) is 2.25. The lowest BCUT2D eigenvalue weighted by molar-refractivity contribution is 0.340. The highest BCUT2D eigenvalue weighted by molar-refractivity contribution is 5.88. The summed E-state index contributed by atoms with van der Waals surface area (Å²) in [5.74, 6) is 0.859. The summed E-state index contributed by atoms with van der Waals surface area (Å²) in [6.45, 7) is 2.63. The maximum absolute atomic E-state index is 5.44. The van der Waals surface area contributed by atoms with Gasteiger partial charge in [-0.25, -0.2) is 9.97 Å². The molecule has 0 aliphatic rings. The van der Waals surface area contributed by atoms with E-state index in [0.717, 1.165) is 28.0 Å². The average molecular weight is 251 g/mol. The van der Waals surface area contributed by atoms with E-state index in [1.165, 1.54) is 0 Å². The Labute approximate surface area is 111 Å². The van der Waals surface area contributed by atoms with Crippen molar-refractivity contribution in [3.05, 3.63) is 48.9 Å². The van der Waals surface area contributed by atoms with Crippen LogP contribution in [0.5, 0.6) is 5.75 Å². The van der Waals surface area contributed by atoms with Gasteiger partial charge in [0.1, 0.15) is 17.6 Å². The summed E-state index contributed by atoms with van der Waals surface area (Å²) >= 11 is 0. The van der Waals surface area contributed by atoms with E-state index in [1.54, 1.807) is 12.5 Å². The van der Waals surface area contributed by atoms with E-state index in [2.05, 4.69) is 15.0 Å². The summed E-state index contributed by atoms with van der Waals surface area (Å²) in [4.78, 5) is 12.9. The van der Waals surface area contributed by atoms with Crippen LogP contribution in [0.4, 0.5) is 0 Å². The lowest BCUT2D eigenvalue weighted by atomic mass is 10.1. The first-order chi connectivity index (χ1) is 9.38. The fourth-order valence-corrected chi connectivity index (χ4v) is 1.98. The molecule has 0 spiro atoms. The van der Waals surface area contributed by atoms with Crippen LogP contribution in [0.2, 0.25) is 0 Å². The number of ether oxygens (including phenoxy) is 1. The van der Waals surface area contributed by atoms with Gasteiger partial charge in [0.15, 0.2) is 0 Å². The lowest BCUT2D eigenvalue weighted by Crippen LogP contribution is -1.93. The molecule has 4 nitrogen and oxygen atoms in total. The van der Waals surface area contributed by atoms with Gasteiger partial charge in [-0.3, -0.25) is 4.98 Å². The minimum atomic E-state index is 0.664. The zero-order chi connectivity index (χ0) is 13.1. The first-order valence-corrected chi connectivity index (χ1v) is 6.17. The molecule has 1 aromatic carbocycles. The molecule has 19 heavy (non-hydrogen) atoms. The number of fused-ring (bicyclic) bond motifs is 1. The highest BCUT2D eigenvalue weighted by atomic mass is 16.5. The molecule has 0 radical (unpaired) electrons. The normalized spacial score (nSPS) is 10.6. The highest BCUT2D eigenvalue weighted by Crippen LogP contribution is 2.25. The molecule has 0 fully saturated rings. The number of aromatic nitrogens is 3. The fraction of sp³-hybridized carbons (Fsp3) is 0.133. The Kier molecular flexibility index (Phi) is 3.06. The van der Waals surface area contributed by atoms with Gasteiger partial charge in [-0.2, -0.15) is 0 Å². The zero-order valence-corrected chi connectivity index (χ0v) is 10.6. The van der Waals surface area contributed by atoms with Gasteiger partial charge in [-0.15, -0.1) is 0 Å². The second-order valence-corrected chi connectivity index (χ2v) is 4.05. The third-order valence-corrected chi connectivity index (χ3v) is 2.83. The van der Waals surface area contributed by atoms with Crippen LogP contribution in [0.1, 0.15) is 6.92 Å². The van der Waals surface area contributed by atoms with Crippen molar-refractivity contribution in [3.8, 4) is 17.0 Å². The molecule has 0 bridgehead atoms. The first-order valence-electron chi connectivity index (χ1n) is 6.17. The average Bonchev–Trinajstić information content (AvgIpc) is 2.48. The Balaban J connectivity index is 2.08. The van der Waals surface area contributed by atoms with Crippen LogP contribution in [-0.4, -0.2) is 21.6 Å². The Hall–Kier alpha value is -2.49. The number of rotatable bonds is 3. The summed E-state index contributed by atoms with van der Waals surface area (Å²) in [6.07, 6.45) is 3.32. The molecule has 0 aliphatic carbocycles. The van der Waals surface area contributed by atoms with Gasteiger partial charge < -0.3 is 4.74 Å². The van der Waals surface area contributed by atoms with Gasteiger partial charge in [0.25, 0.3) is 0 Å². The summed E-state index contributed by atoms with van der Waals surface area (Å²) in [7, 11) is 0. The van der Waals surface area contributed by atoms with Crippen molar-refractivity contribution in [1.82, 2.24) is 15.0 Å². The van der Waals surface area contributed by atoms with Crippen LogP contribution < -0.4 is 4.74 Å². The van der Waals surface area contributed by atoms with Gasteiger partial charge in [0, 0.05) is 11.8 Å². The van der Waals surface area contributed by atoms with Crippen molar-refractivity contribution >= 4 is 11.0 Å². The third-order valence-electron chi connectivity index (χ3n) is 2.83. The fourth-order valence-electron chi connectivity index (χ4n) is 1.98. The molecule has 0 atom stereocenters. The maximum atomic E-state index is 5.44. The molecule has 0 N–H and O–H groups in total. The molecule has 4 heteroatoms. The number of benzene rings is 1. The minimum absolute atomic E-state index is 0.664. The van der Waals surface area contributed by atoms with Gasteiger partial charge in [-0.05, 0) is 43.3 Å². The molecular weight excluding hydrogens is 238 g/mol. The van der Waals surface area contributed by atoms with Crippen molar-refractivity contribution in [1.29, 1.82) is 0 Å². The lowest BCUT2D eigenvalue weighted by Gasteiger charge is -2.06. The number of pyridine rings is 1. The van der Waals surface area contributed by atoms with Gasteiger partial charge in [0.05, 0.1) is 17.8 Å². The van der Waals surface area contributed by atoms with E-state index in [1.807, 2.05) is 43.3 Å². The monoisotopic (exact) mass is 251 g/mol. The minimum Gasteiger partial charge on any atom is -0.494 e. The standard InChI is InChI=1S/C15H13N3O/c1-2-19-12-7-5-11(6-8-12)14-15-13(17-10-18-14)4-3-9-16-15/h3-10H,2H2,1H3. The van der Waals surface area contributed by atoms with Gasteiger partial charge >= 0.3 is 0 Å². The summed E-state index contributed by atoms with van der Waals surface area (Å²) in [5, 5.41) is 0. The summed E-state index contributed by atoms with van der Waals surface area (Å²) in [5.41, 5.74) is 3.51. The Morgan fingerprint density at radius 2 is 1.84 bits per heavy atom. The van der Waals surface area contributed by atoms with Crippen molar-refractivity contribution in [2.75, 3.05) is 6.61 Å². The van der Waals surface area contributed by atoms with E-state index < -0.39 is 0 Å². The first kappa shape index (κ1) is 11.6. The topological polar surface area (TPSA) is 47.9 Å². The largest absolute Gasteiger partial charge is 0.494 e. The molecule has 0 saturated carbocycles. The van der Waals surface area contributed by atoms with Crippen LogP contribution in [0.3, 0.4) is 0 Å². The van der Waals surface area contributed by atoms with Crippen molar-refractivity contribution in [2.45, 2.75) is 6.92 Å². The number of hydrogen-bond acceptors (Lipinski definition) is 4. The number of nitrogens with zero attached hydrogens (tertiary/aromatic N) is 3. The van der Waals surface area contributed by atoms with Crippen molar-refractivity contribution in [2.24, 2.45) is 0 Å². The number of hydrogen-bond donors (Lipinski definition) is 0. The summed E-state index contributed by atoms with van der Waals surface area (Å²) < 4.78 is 5.44. The molecule has 2 heterocycles. The van der Waals surface area contributed by atoms with Gasteiger partial charge in [-0.1, -0.05) is 0 Å². The second-order valence-electron chi connectivity index (χ2n) is 4.05. The van der Waals surface area contributed by atoms with Crippen LogP contribution in [0.15, 0.2) is 48.9 Å². The van der Waals surface area contributed by atoms with E-state index in [0.29, 0.717) is 6.61 Å². The van der Waals surface area contributed by atoms with Crippen LogP contribution >= 0.6 is 0 Å². The van der Waals surface area contributed by atoms with Crippen LogP contribution in [-0.2, 0) is 0 Å². The Bertz CT molecular complexity index is 690. The van der Waals surface area contributed by atoms with Crippen molar-refractivity contribution in [3.63, 3.8) is 0 Å². The van der Waals surface area contributed by atoms with Crippen LogP contribution in [0.25, 0.3) is 22.3 Å². The molecule has 0 saturated heterocycles. The molecular formula is C15H13N3O. The molecule has 0 aliphatic heterocycles. The van der Waals surface area contributed by atoms with E-state index in [4.69, 9.17) is 4.74 Å². The highest BCUT2D eigenvalue weighted by Gasteiger charge is 2.07. The molecule has 0 amide bonds. The maximum Gasteiger partial charge on any atom is 0.119 e. The Morgan fingerprint density at radius 3 is 2.63 bits per heavy atom. The molecule has 2 aromatic heterocycles. The second kappa shape index (κ2) is 5.02. The molecule has 3 rings (SSSR count). The van der Waals surface area contributed by atoms with Crippen LogP contribution in [0, 0.1) is 0 Å². The SMILES string of the molecule is CCOc1ccc(-c2ncnc3cccnc23)cc1. The predicted octanol–water partition coefficient (Wildman–Crippen LogP) is 3.09. The molecule has 94 valence electrons. The van der Waals surface area contributed by atoms with Gasteiger partial charge in [0.2, 0.25) is 0 Å². The van der Waals surface area contributed by atoms with Crippen molar-refractivity contribution < 1.29 is 4.74 Å². The summed E-state index contributed by atoms with van der Waals surface area (Å²) in [6, 6.07) is 11.7. The van der Waals surface area contributed by atoms with E-state index in [9.17, 15) is 0 Å². The smallest absolute Gasteiger partial charge is 0.119 e. The zero-order valence-electron chi connectivity index (χ0n) is 10.6. The molecule has 3 aromatic rings. The molecule has 0 unspecified atom stereocenters. The van der Waals surface area contributed by atoms with E-state index in [-0.39, 0.29) is 0 Å². The predicted molar refractivity (Wildman–Crippen MR) is 73.9 cm³/mol. The van der Waals surface area contributed by atoms with E-state index >= 15 is 0 Å².